The lowest BCUT2D eigenvalue weighted by atomic mass is 10.1. The average Bonchev–Trinajstić information content (AvgIpc) is 3.07. The molecule has 0 spiro atoms. The Labute approximate surface area is 143 Å². The van der Waals surface area contributed by atoms with Gasteiger partial charge in [-0.3, -0.25) is 0 Å². The number of hydrogen-bond donors (Lipinski definition) is 0. The molecule has 0 unspecified atom stereocenters. The number of ether oxygens (including phenoxy) is 2. The first-order chi connectivity index (χ1) is 12.2. The number of fused-ring (bicyclic) bond motifs is 1. The van der Waals surface area contributed by atoms with Gasteiger partial charge in [-0.25, -0.2) is 14.6 Å². The van der Waals surface area contributed by atoms with Gasteiger partial charge in [-0.2, -0.15) is 0 Å². The Kier molecular flexibility index (Phi) is 4.89. The highest BCUT2D eigenvalue weighted by Crippen LogP contribution is 2.15. The summed E-state index contributed by atoms with van der Waals surface area (Å²) in [6, 6.07) is 14.0. The van der Waals surface area contributed by atoms with Crippen molar-refractivity contribution in [1.82, 2.24) is 4.98 Å². The molecule has 6 nitrogen and oxygen atoms in total. The summed E-state index contributed by atoms with van der Waals surface area (Å²) in [5.41, 5.74) is 2.58. The number of benzene rings is 2. The van der Waals surface area contributed by atoms with Gasteiger partial charge in [0, 0.05) is 12.2 Å². The fraction of sp³-hybridized carbons (Fsp3) is 0.105. The summed E-state index contributed by atoms with van der Waals surface area (Å²) in [5, 5.41) is 0. The van der Waals surface area contributed by atoms with E-state index >= 15 is 0 Å². The average molecular weight is 337 g/mol. The van der Waals surface area contributed by atoms with Crippen molar-refractivity contribution >= 4 is 29.1 Å². The normalized spacial score (nSPS) is 10.9. The second-order valence-corrected chi connectivity index (χ2v) is 5.15. The second-order valence-electron chi connectivity index (χ2n) is 5.15. The molecule has 6 heteroatoms. The SMILES string of the molecule is COC(=O)c1ccc(COC(=O)/C=C/c2nc3ccccc3o2)cc1. The van der Waals surface area contributed by atoms with E-state index in [1.54, 1.807) is 30.3 Å². The Balaban J connectivity index is 1.56. The minimum atomic E-state index is -0.515. The minimum Gasteiger partial charge on any atom is -0.465 e. The monoisotopic (exact) mass is 337 g/mol. The molecule has 25 heavy (non-hydrogen) atoms. The summed E-state index contributed by atoms with van der Waals surface area (Å²) >= 11 is 0. The van der Waals surface area contributed by atoms with Crippen LogP contribution in [0.25, 0.3) is 17.2 Å². The van der Waals surface area contributed by atoms with Crippen LogP contribution < -0.4 is 0 Å². The Morgan fingerprint density at radius 2 is 1.88 bits per heavy atom. The maximum atomic E-state index is 11.8. The third-order valence-electron chi connectivity index (χ3n) is 3.43. The molecule has 0 atom stereocenters. The van der Waals surface area contributed by atoms with Crippen molar-refractivity contribution in [2.24, 2.45) is 0 Å². The highest BCUT2D eigenvalue weighted by Gasteiger charge is 2.06. The van der Waals surface area contributed by atoms with Crippen molar-refractivity contribution in [2.45, 2.75) is 6.61 Å². The first-order valence-corrected chi connectivity index (χ1v) is 7.53. The Bertz CT molecular complexity index is 891. The Morgan fingerprint density at radius 1 is 1.12 bits per heavy atom. The molecule has 3 aromatic rings. The first-order valence-electron chi connectivity index (χ1n) is 7.53. The van der Waals surface area contributed by atoms with E-state index in [-0.39, 0.29) is 6.61 Å². The summed E-state index contributed by atoms with van der Waals surface area (Å²) in [6.45, 7) is 0.0954. The molecule has 126 valence electrons. The molecule has 0 fully saturated rings. The van der Waals surface area contributed by atoms with Gasteiger partial charge in [0.25, 0.3) is 0 Å². The summed E-state index contributed by atoms with van der Waals surface area (Å²) in [6.07, 6.45) is 2.72. The number of hydrogen-bond acceptors (Lipinski definition) is 6. The van der Waals surface area contributed by atoms with E-state index in [2.05, 4.69) is 9.72 Å². The Hall–Kier alpha value is -3.41. The van der Waals surface area contributed by atoms with Crippen LogP contribution in [0.4, 0.5) is 0 Å². The topological polar surface area (TPSA) is 78.6 Å². The summed E-state index contributed by atoms with van der Waals surface area (Å²) in [5.74, 6) is -0.593. The van der Waals surface area contributed by atoms with Crippen LogP contribution in [0.3, 0.4) is 0 Å². The molecule has 3 rings (SSSR count). The zero-order valence-electron chi connectivity index (χ0n) is 13.5. The summed E-state index contributed by atoms with van der Waals surface area (Å²) in [4.78, 5) is 27.3. The number of para-hydroxylation sites is 2. The quantitative estimate of drug-likeness (QED) is 0.525. The van der Waals surface area contributed by atoms with Crippen LogP contribution >= 0.6 is 0 Å². The van der Waals surface area contributed by atoms with Gasteiger partial charge in [0.2, 0.25) is 5.89 Å². The summed E-state index contributed by atoms with van der Waals surface area (Å²) in [7, 11) is 1.32. The van der Waals surface area contributed by atoms with E-state index in [1.807, 2.05) is 18.2 Å². The van der Waals surface area contributed by atoms with Crippen molar-refractivity contribution in [1.29, 1.82) is 0 Å². The van der Waals surface area contributed by atoms with Crippen LogP contribution in [0.15, 0.2) is 59.0 Å². The fourth-order valence-electron chi connectivity index (χ4n) is 2.16. The second kappa shape index (κ2) is 7.44. The van der Waals surface area contributed by atoms with Gasteiger partial charge >= 0.3 is 11.9 Å². The molecule has 2 aromatic carbocycles. The van der Waals surface area contributed by atoms with E-state index in [0.717, 1.165) is 11.1 Å². The van der Waals surface area contributed by atoms with Crippen molar-refractivity contribution in [3.63, 3.8) is 0 Å². The van der Waals surface area contributed by atoms with Crippen molar-refractivity contribution < 1.29 is 23.5 Å². The van der Waals surface area contributed by atoms with E-state index in [0.29, 0.717) is 17.0 Å². The van der Waals surface area contributed by atoms with Gasteiger partial charge in [0.15, 0.2) is 5.58 Å². The van der Waals surface area contributed by atoms with Crippen LogP contribution in [-0.4, -0.2) is 24.0 Å². The molecule has 0 aliphatic rings. The highest BCUT2D eigenvalue weighted by atomic mass is 16.5. The van der Waals surface area contributed by atoms with Crippen LogP contribution in [-0.2, 0) is 20.9 Å². The number of oxazole rings is 1. The molecule has 0 N–H and O–H groups in total. The van der Waals surface area contributed by atoms with E-state index in [4.69, 9.17) is 9.15 Å². The van der Waals surface area contributed by atoms with Crippen LogP contribution in [0.5, 0.6) is 0 Å². The molecule has 1 aromatic heterocycles. The number of carbonyl (C=O) groups excluding carboxylic acids is 2. The molecule has 0 aliphatic carbocycles. The molecule has 0 saturated carbocycles. The summed E-state index contributed by atoms with van der Waals surface area (Å²) < 4.78 is 15.2. The number of carbonyl (C=O) groups is 2. The number of methoxy groups -OCH3 is 1. The molecule has 0 radical (unpaired) electrons. The maximum Gasteiger partial charge on any atom is 0.337 e. The highest BCUT2D eigenvalue weighted by molar-refractivity contribution is 5.89. The smallest absolute Gasteiger partial charge is 0.337 e. The van der Waals surface area contributed by atoms with Crippen molar-refractivity contribution in [2.75, 3.05) is 7.11 Å². The van der Waals surface area contributed by atoms with Gasteiger partial charge in [-0.05, 0) is 29.8 Å². The van der Waals surface area contributed by atoms with Gasteiger partial charge < -0.3 is 13.9 Å². The number of aromatic nitrogens is 1. The Morgan fingerprint density at radius 3 is 2.60 bits per heavy atom. The number of rotatable bonds is 5. The van der Waals surface area contributed by atoms with Gasteiger partial charge in [-0.15, -0.1) is 0 Å². The lowest BCUT2D eigenvalue weighted by Crippen LogP contribution is -2.03. The fourth-order valence-corrected chi connectivity index (χ4v) is 2.16. The molecule has 0 bridgehead atoms. The molecular formula is C19H15NO5. The molecular weight excluding hydrogens is 322 g/mol. The lowest BCUT2D eigenvalue weighted by Gasteiger charge is -2.03. The van der Waals surface area contributed by atoms with E-state index < -0.39 is 11.9 Å². The molecule has 0 amide bonds. The van der Waals surface area contributed by atoms with Crippen LogP contribution in [0, 0.1) is 0 Å². The van der Waals surface area contributed by atoms with E-state index in [9.17, 15) is 9.59 Å². The predicted molar refractivity (Wildman–Crippen MR) is 90.6 cm³/mol. The molecule has 0 saturated heterocycles. The number of esters is 2. The number of nitrogens with zero attached hydrogens (tertiary/aromatic N) is 1. The minimum absolute atomic E-state index is 0.0954. The largest absolute Gasteiger partial charge is 0.465 e. The van der Waals surface area contributed by atoms with Crippen LogP contribution in [0.2, 0.25) is 0 Å². The third-order valence-corrected chi connectivity index (χ3v) is 3.43. The third kappa shape index (κ3) is 4.11. The first kappa shape index (κ1) is 16.4. The zero-order chi connectivity index (χ0) is 17.6. The lowest BCUT2D eigenvalue weighted by molar-refractivity contribution is -0.138. The van der Waals surface area contributed by atoms with E-state index in [1.165, 1.54) is 19.3 Å². The van der Waals surface area contributed by atoms with Gasteiger partial charge in [0.1, 0.15) is 12.1 Å². The van der Waals surface area contributed by atoms with Crippen molar-refractivity contribution in [3.05, 3.63) is 71.6 Å². The van der Waals surface area contributed by atoms with Crippen molar-refractivity contribution in [3.8, 4) is 0 Å². The van der Waals surface area contributed by atoms with Crippen LogP contribution in [0.1, 0.15) is 21.8 Å². The predicted octanol–water partition coefficient (Wildman–Crippen LogP) is 3.37. The molecule has 0 aliphatic heterocycles. The zero-order valence-corrected chi connectivity index (χ0v) is 13.5. The standard InChI is InChI=1S/C19H15NO5/c1-23-19(22)14-8-6-13(7-9-14)12-24-18(21)11-10-17-20-15-4-2-3-5-16(15)25-17/h2-11H,12H2,1H3/b11-10+. The maximum absolute atomic E-state index is 11.8. The molecule has 1 heterocycles. The van der Waals surface area contributed by atoms with Gasteiger partial charge in [0.05, 0.1) is 12.7 Å². The van der Waals surface area contributed by atoms with Gasteiger partial charge in [-0.1, -0.05) is 24.3 Å².